The first-order valence-electron chi connectivity index (χ1n) is 7.51. The third-order valence-corrected chi connectivity index (χ3v) is 3.78. The molecule has 3 N–H and O–H groups in total. The van der Waals surface area contributed by atoms with Gasteiger partial charge in [-0.2, -0.15) is 0 Å². The summed E-state index contributed by atoms with van der Waals surface area (Å²) in [4.78, 5) is 16.5. The molecule has 2 unspecified atom stereocenters. The van der Waals surface area contributed by atoms with E-state index in [2.05, 4.69) is 23.3 Å². The van der Waals surface area contributed by atoms with Crippen molar-refractivity contribution in [3.63, 3.8) is 0 Å². The number of anilines is 1. The maximum absolute atomic E-state index is 12.2. The Kier molecular flexibility index (Phi) is 4.98. The summed E-state index contributed by atoms with van der Waals surface area (Å²) >= 11 is 0. The molecule has 0 saturated carbocycles. The number of hydrogen-bond acceptors (Lipinski definition) is 4. The topological polar surface area (TPSA) is 81.1 Å². The smallest absolute Gasteiger partial charge is 0.277 e. The summed E-state index contributed by atoms with van der Waals surface area (Å²) in [6, 6.07) is 5.58. The van der Waals surface area contributed by atoms with Gasteiger partial charge in [0.05, 0.1) is 6.04 Å². The molecule has 1 heterocycles. The van der Waals surface area contributed by atoms with Crippen LogP contribution in [0.5, 0.6) is 0 Å². The van der Waals surface area contributed by atoms with Crippen molar-refractivity contribution in [2.75, 3.05) is 5.32 Å². The van der Waals surface area contributed by atoms with E-state index in [-0.39, 0.29) is 23.6 Å². The van der Waals surface area contributed by atoms with Gasteiger partial charge in [-0.1, -0.05) is 26.3 Å². The van der Waals surface area contributed by atoms with Gasteiger partial charge >= 0.3 is 0 Å². The van der Waals surface area contributed by atoms with Crippen LogP contribution in [0.2, 0.25) is 0 Å². The second-order valence-corrected chi connectivity index (χ2v) is 5.81. The van der Waals surface area contributed by atoms with Crippen LogP contribution in [0.25, 0.3) is 0 Å². The Morgan fingerprint density at radius 2 is 1.95 bits per heavy atom. The lowest BCUT2D eigenvalue weighted by atomic mass is 10.0. The fourth-order valence-electron chi connectivity index (χ4n) is 2.28. The molecule has 22 heavy (non-hydrogen) atoms. The fourth-order valence-corrected chi connectivity index (χ4v) is 2.28. The van der Waals surface area contributed by atoms with Crippen molar-refractivity contribution in [1.82, 2.24) is 4.98 Å². The van der Waals surface area contributed by atoms with Crippen molar-refractivity contribution in [3.8, 4) is 0 Å². The number of aryl methyl sites for hydroxylation is 2. The number of nitrogens with zero attached hydrogens (tertiary/aromatic N) is 1. The van der Waals surface area contributed by atoms with Gasteiger partial charge in [-0.15, -0.1) is 0 Å². The minimum absolute atomic E-state index is 0.243. The third kappa shape index (κ3) is 3.74. The van der Waals surface area contributed by atoms with Crippen LogP contribution >= 0.6 is 0 Å². The zero-order chi connectivity index (χ0) is 16.3. The number of rotatable bonds is 5. The van der Waals surface area contributed by atoms with Gasteiger partial charge < -0.3 is 15.5 Å². The summed E-state index contributed by atoms with van der Waals surface area (Å²) in [6.45, 7) is 8.06. The molecule has 0 aliphatic heterocycles. The summed E-state index contributed by atoms with van der Waals surface area (Å²) in [5.41, 5.74) is 9.24. The molecule has 2 atom stereocenters. The molecular formula is C17H23N3O2. The lowest BCUT2D eigenvalue weighted by molar-refractivity contribution is 0.102. The first-order valence-corrected chi connectivity index (χ1v) is 7.51. The number of nitrogens with two attached hydrogens (primary N) is 1. The van der Waals surface area contributed by atoms with Gasteiger partial charge in [0.25, 0.3) is 5.91 Å². The van der Waals surface area contributed by atoms with Gasteiger partial charge in [0.2, 0.25) is 5.89 Å². The second kappa shape index (κ2) is 6.75. The molecule has 2 aromatic rings. The predicted octanol–water partition coefficient (Wildman–Crippen LogP) is 3.59. The van der Waals surface area contributed by atoms with Gasteiger partial charge in [0.15, 0.2) is 5.69 Å². The van der Waals surface area contributed by atoms with E-state index in [0.29, 0.717) is 5.89 Å². The van der Waals surface area contributed by atoms with E-state index in [0.717, 1.165) is 23.2 Å². The van der Waals surface area contributed by atoms with Crippen LogP contribution < -0.4 is 11.1 Å². The highest BCUT2D eigenvalue weighted by Crippen LogP contribution is 2.21. The van der Waals surface area contributed by atoms with Crippen LogP contribution in [0.3, 0.4) is 0 Å². The fraction of sp³-hybridized carbons (Fsp3) is 0.412. The van der Waals surface area contributed by atoms with Crippen molar-refractivity contribution >= 4 is 11.6 Å². The molecule has 118 valence electrons. The summed E-state index contributed by atoms with van der Waals surface area (Å²) in [7, 11) is 0. The summed E-state index contributed by atoms with van der Waals surface area (Å²) < 4.78 is 5.36. The van der Waals surface area contributed by atoms with Gasteiger partial charge in [-0.05, 0) is 43.0 Å². The molecule has 0 fully saturated rings. The van der Waals surface area contributed by atoms with Crippen LogP contribution in [-0.2, 0) is 0 Å². The Balaban J connectivity index is 2.12. The average Bonchev–Trinajstić information content (AvgIpc) is 2.94. The van der Waals surface area contributed by atoms with E-state index in [1.165, 1.54) is 6.26 Å². The quantitative estimate of drug-likeness (QED) is 0.884. The highest BCUT2D eigenvalue weighted by Gasteiger charge is 2.21. The SMILES string of the molecule is CCC(C)C(N)c1nc(C(=O)Nc2cc(C)cc(C)c2)co1. The molecule has 1 aromatic heterocycles. The lowest BCUT2D eigenvalue weighted by Gasteiger charge is -2.13. The molecule has 0 aliphatic carbocycles. The molecular weight excluding hydrogens is 278 g/mol. The third-order valence-electron chi connectivity index (χ3n) is 3.78. The Morgan fingerprint density at radius 1 is 1.32 bits per heavy atom. The maximum atomic E-state index is 12.2. The Bertz CT molecular complexity index is 643. The first-order chi connectivity index (χ1) is 10.4. The molecule has 0 saturated heterocycles. The predicted molar refractivity (Wildman–Crippen MR) is 86.8 cm³/mol. The summed E-state index contributed by atoms with van der Waals surface area (Å²) in [6.07, 6.45) is 2.28. The van der Waals surface area contributed by atoms with Crippen molar-refractivity contribution in [3.05, 3.63) is 47.2 Å². The van der Waals surface area contributed by atoms with Crippen molar-refractivity contribution in [2.24, 2.45) is 11.7 Å². The summed E-state index contributed by atoms with van der Waals surface area (Å²) in [5.74, 6) is 0.352. The number of carbonyl (C=O) groups is 1. The van der Waals surface area contributed by atoms with E-state index in [1.807, 2.05) is 32.9 Å². The zero-order valence-corrected chi connectivity index (χ0v) is 13.5. The Labute approximate surface area is 130 Å². The number of hydrogen-bond donors (Lipinski definition) is 2. The number of nitrogens with one attached hydrogen (secondary N) is 1. The van der Waals surface area contributed by atoms with E-state index >= 15 is 0 Å². The van der Waals surface area contributed by atoms with Gasteiger partial charge in [0.1, 0.15) is 6.26 Å². The summed E-state index contributed by atoms with van der Waals surface area (Å²) in [5, 5.41) is 2.83. The lowest BCUT2D eigenvalue weighted by Crippen LogP contribution is -2.19. The minimum atomic E-state index is -0.298. The van der Waals surface area contributed by atoms with Crippen LogP contribution in [0.15, 0.2) is 28.9 Å². The molecule has 1 amide bonds. The molecule has 0 aliphatic rings. The molecule has 1 aromatic carbocycles. The molecule has 2 rings (SSSR count). The van der Waals surface area contributed by atoms with Gasteiger partial charge in [-0.3, -0.25) is 4.79 Å². The van der Waals surface area contributed by atoms with Crippen LogP contribution in [0.4, 0.5) is 5.69 Å². The van der Waals surface area contributed by atoms with Crippen LogP contribution in [0, 0.1) is 19.8 Å². The minimum Gasteiger partial charge on any atom is -0.446 e. The van der Waals surface area contributed by atoms with Crippen molar-refractivity contribution < 1.29 is 9.21 Å². The zero-order valence-electron chi connectivity index (χ0n) is 13.5. The van der Waals surface area contributed by atoms with E-state index in [4.69, 9.17) is 10.2 Å². The number of amides is 1. The molecule has 5 nitrogen and oxygen atoms in total. The average molecular weight is 301 g/mol. The normalized spacial score (nSPS) is 13.7. The number of oxazole rings is 1. The van der Waals surface area contributed by atoms with Crippen LogP contribution in [-0.4, -0.2) is 10.9 Å². The van der Waals surface area contributed by atoms with E-state index in [1.54, 1.807) is 0 Å². The van der Waals surface area contributed by atoms with Gasteiger partial charge in [0, 0.05) is 5.69 Å². The molecule has 0 bridgehead atoms. The Hall–Kier alpha value is -2.14. The highest BCUT2D eigenvalue weighted by molar-refractivity contribution is 6.02. The number of carbonyl (C=O) groups excluding carboxylic acids is 1. The van der Waals surface area contributed by atoms with Crippen molar-refractivity contribution in [1.29, 1.82) is 0 Å². The van der Waals surface area contributed by atoms with E-state index < -0.39 is 0 Å². The van der Waals surface area contributed by atoms with Crippen LogP contribution in [0.1, 0.15) is 53.8 Å². The van der Waals surface area contributed by atoms with Gasteiger partial charge in [-0.25, -0.2) is 4.98 Å². The Morgan fingerprint density at radius 3 is 2.55 bits per heavy atom. The molecule has 5 heteroatoms. The van der Waals surface area contributed by atoms with Crippen molar-refractivity contribution in [2.45, 2.75) is 40.2 Å². The monoisotopic (exact) mass is 301 g/mol. The number of benzene rings is 1. The largest absolute Gasteiger partial charge is 0.446 e. The molecule has 0 spiro atoms. The molecule has 0 radical (unpaired) electrons. The highest BCUT2D eigenvalue weighted by atomic mass is 16.3. The second-order valence-electron chi connectivity index (χ2n) is 5.81. The number of aromatic nitrogens is 1. The first kappa shape index (κ1) is 16.2. The maximum Gasteiger partial charge on any atom is 0.277 e. The van der Waals surface area contributed by atoms with E-state index in [9.17, 15) is 4.79 Å². The standard InChI is InChI=1S/C17H23N3O2/c1-5-12(4)15(18)17-20-14(9-22-17)16(21)19-13-7-10(2)6-11(3)8-13/h6-9,12,15H,5,18H2,1-4H3,(H,19,21).